The number of esters is 1. The van der Waals surface area contributed by atoms with E-state index in [0.717, 1.165) is 41.2 Å². The molecule has 2 aliphatic heterocycles. The van der Waals surface area contributed by atoms with Gasteiger partial charge in [0.05, 0.1) is 9.64 Å². The Balaban J connectivity index is 1.73. The summed E-state index contributed by atoms with van der Waals surface area (Å²) in [5, 5.41) is 0. The molecule has 3 nitrogen and oxygen atoms in total. The maximum Gasteiger partial charge on any atom is 0.343 e. The van der Waals surface area contributed by atoms with Crippen LogP contribution in [0.2, 0.25) is 0 Å². The molecule has 1 saturated heterocycles. The van der Waals surface area contributed by atoms with Crippen molar-refractivity contribution in [1.29, 1.82) is 0 Å². The number of fused-ring (bicyclic) bond motifs is 2. The summed E-state index contributed by atoms with van der Waals surface area (Å²) in [5.74, 6) is 3.69. The first-order valence-electron chi connectivity index (χ1n) is 9.01. The summed E-state index contributed by atoms with van der Waals surface area (Å²) in [6.07, 6.45) is 4.59. The van der Waals surface area contributed by atoms with Gasteiger partial charge in [0.25, 0.3) is 0 Å². The standard InChI is InChI=1S/C20H22O3S3/c1-12-10-16(19(22)23-15-5-3-4-14(21)11-15)13(2)17-18(12)24-7-6-20(17)25-8-9-26-20/h10-11H,3-9H2,1-2H3. The lowest BCUT2D eigenvalue weighted by Crippen LogP contribution is -2.24. The Morgan fingerprint density at radius 1 is 1.15 bits per heavy atom. The fourth-order valence-electron chi connectivity index (χ4n) is 3.92. The predicted octanol–water partition coefficient (Wildman–Crippen LogP) is 5.23. The van der Waals surface area contributed by atoms with Crippen molar-refractivity contribution in [2.24, 2.45) is 0 Å². The van der Waals surface area contributed by atoms with Gasteiger partial charge in [0.2, 0.25) is 0 Å². The average molecular weight is 407 g/mol. The molecule has 1 fully saturated rings. The molecule has 6 heteroatoms. The quantitative estimate of drug-likeness (QED) is 0.627. The van der Waals surface area contributed by atoms with Crippen LogP contribution in [0, 0.1) is 13.8 Å². The Morgan fingerprint density at radius 2 is 1.92 bits per heavy atom. The van der Waals surface area contributed by atoms with Gasteiger partial charge in [-0.25, -0.2) is 4.79 Å². The first-order valence-corrected chi connectivity index (χ1v) is 12.0. The number of ether oxygens (including phenoxy) is 1. The van der Waals surface area contributed by atoms with Gasteiger partial charge in [-0.05, 0) is 49.4 Å². The molecule has 0 radical (unpaired) electrons. The van der Waals surface area contributed by atoms with Crippen molar-refractivity contribution in [1.82, 2.24) is 0 Å². The maximum atomic E-state index is 12.9. The lowest BCUT2D eigenvalue weighted by atomic mass is 9.94. The molecule has 1 aromatic carbocycles. The van der Waals surface area contributed by atoms with Crippen LogP contribution < -0.4 is 0 Å². The summed E-state index contributed by atoms with van der Waals surface area (Å²) >= 11 is 5.97. The van der Waals surface area contributed by atoms with Crippen molar-refractivity contribution in [2.75, 3.05) is 17.3 Å². The third kappa shape index (κ3) is 3.25. The molecule has 1 aliphatic carbocycles. The molecule has 0 aromatic heterocycles. The number of carbonyl (C=O) groups is 2. The van der Waals surface area contributed by atoms with Gasteiger partial charge in [0, 0.05) is 41.1 Å². The summed E-state index contributed by atoms with van der Waals surface area (Å²) in [4.78, 5) is 25.8. The summed E-state index contributed by atoms with van der Waals surface area (Å²) in [7, 11) is 0. The summed E-state index contributed by atoms with van der Waals surface area (Å²) in [6.45, 7) is 4.15. The molecule has 0 N–H and O–H groups in total. The van der Waals surface area contributed by atoms with Gasteiger partial charge < -0.3 is 4.74 Å². The minimum Gasteiger partial charge on any atom is -0.427 e. The van der Waals surface area contributed by atoms with Crippen LogP contribution in [0.3, 0.4) is 0 Å². The van der Waals surface area contributed by atoms with Crippen LogP contribution in [0.1, 0.15) is 52.7 Å². The van der Waals surface area contributed by atoms with Gasteiger partial charge >= 0.3 is 5.97 Å². The van der Waals surface area contributed by atoms with Crippen molar-refractivity contribution in [3.63, 3.8) is 0 Å². The fourth-order valence-corrected chi connectivity index (χ4v) is 9.13. The molecular formula is C20H22O3S3. The van der Waals surface area contributed by atoms with Crippen LogP contribution in [-0.4, -0.2) is 29.0 Å². The third-order valence-electron chi connectivity index (χ3n) is 5.15. The molecule has 0 unspecified atom stereocenters. The highest BCUT2D eigenvalue weighted by atomic mass is 32.2. The van der Waals surface area contributed by atoms with Crippen LogP contribution in [0.25, 0.3) is 0 Å². The van der Waals surface area contributed by atoms with E-state index >= 15 is 0 Å². The molecule has 1 aromatic rings. The largest absolute Gasteiger partial charge is 0.427 e. The minimum absolute atomic E-state index is 0.0477. The van der Waals surface area contributed by atoms with Gasteiger partial charge in [-0.1, -0.05) is 0 Å². The number of ketones is 1. The SMILES string of the molecule is Cc1cc(C(=O)OC2=CC(=O)CCC2)c(C)c2c1SCCC21SCCS1. The summed E-state index contributed by atoms with van der Waals surface area (Å²) < 4.78 is 5.70. The zero-order valence-corrected chi connectivity index (χ0v) is 17.5. The zero-order valence-electron chi connectivity index (χ0n) is 15.1. The minimum atomic E-state index is -0.326. The van der Waals surface area contributed by atoms with E-state index in [-0.39, 0.29) is 15.8 Å². The lowest BCUT2D eigenvalue weighted by Gasteiger charge is -2.36. The Morgan fingerprint density at radius 3 is 2.65 bits per heavy atom. The van der Waals surface area contributed by atoms with Crippen LogP contribution in [0.4, 0.5) is 0 Å². The molecule has 26 heavy (non-hydrogen) atoms. The van der Waals surface area contributed by atoms with Gasteiger partial charge in [-0.3, -0.25) is 4.79 Å². The molecule has 138 valence electrons. The van der Waals surface area contributed by atoms with Gasteiger partial charge in [0.1, 0.15) is 5.76 Å². The lowest BCUT2D eigenvalue weighted by molar-refractivity contribution is -0.115. The molecule has 4 rings (SSSR count). The van der Waals surface area contributed by atoms with Crippen LogP contribution >= 0.6 is 35.3 Å². The van der Waals surface area contributed by atoms with Crippen molar-refractivity contribution < 1.29 is 14.3 Å². The van der Waals surface area contributed by atoms with E-state index in [9.17, 15) is 9.59 Å². The Bertz CT molecular complexity index is 807. The first-order chi connectivity index (χ1) is 12.5. The number of rotatable bonds is 2. The number of aryl methyl sites for hydroxylation is 1. The Labute approximate surface area is 167 Å². The van der Waals surface area contributed by atoms with Crippen LogP contribution in [-0.2, 0) is 13.6 Å². The number of benzene rings is 1. The molecule has 0 saturated carbocycles. The van der Waals surface area contributed by atoms with Crippen LogP contribution in [0.15, 0.2) is 22.8 Å². The highest BCUT2D eigenvalue weighted by Crippen LogP contribution is 2.60. The number of thioether (sulfide) groups is 3. The predicted molar refractivity (Wildman–Crippen MR) is 110 cm³/mol. The Kier molecular flexibility index (Phi) is 5.19. The molecular weight excluding hydrogens is 384 g/mol. The van der Waals surface area contributed by atoms with E-state index in [4.69, 9.17) is 4.74 Å². The third-order valence-corrected chi connectivity index (χ3v) is 9.90. The normalized spacial score (nSPS) is 21.5. The number of hydrogen-bond donors (Lipinski definition) is 0. The second kappa shape index (κ2) is 7.28. The molecule has 1 spiro atoms. The van der Waals surface area contributed by atoms with E-state index in [2.05, 4.69) is 13.8 Å². The monoisotopic (exact) mass is 406 g/mol. The summed E-state index contributed by atoms with van der Waals surface area (Å²) in [6, 6.07) is 1.97. The van der Waals surface area contributed by atoms with Crippen LogP contribution in [0.5, 0.6) is 0 Å². The highest BCUT2D eigenvalue weighted by Gasteiger charge is 2.43. The molecule has 3 aliphatic rings. The Hall–Kier alpha value is -0.850. The second-order valence-corrected chi connectivity index (χ2v) is 11.1. The summed E-state index contributed by atoms with van der Waals surface area (Å²) in [5.41, 5.74) is 4.19. The van der Waals surface area contributed by atoms with E-state index in [1.54, 1.807) is 0 Å². The maximum absolute atomic E-state index is 12.9. The first kappa shape index (κ1) is 18.5. The molecule has 0 atom stereocenters. The average Bonchev–Trinajstić information content (AvgIpc) is 3.06. The number of carbonyl (C=O) groups excluding carboxylic acids is 2. The van der Waals surface area contributed by atoms with E-state index in [1.165, 1.54) is 16.5 Å². The zero-order chi connectivity index (χ0) is 18.3. The smallest absolute Gasteiger partial charge is 0.343 e. The fraction of sp³-hybridized carbons (Fsp3) is 0.500. The topological polar surface area (TPSA) is 43.4 Å². The van der Waals surface area contributed by atoms with Gasteiger partial charge in [0.15, 0.2) is 5.78 Å². The number of allylic oxidation sites excluding steroid dienone is 2. The molecule has 0 amide bonds. The van der Waals surface area contributed by atoms with Crippen molar-refractivity contribution >= 4 is 47.0 Å². The molecule has 0 bridgehead atoms. The van der Waals surface area contributed by atoms with Crippen molar-refractivity contribution in [3.05, 3.63) is 40.2 Å². The van der Waals surface area contributed by atoms with Gasteiger partial charge in [-0.2, -0.15) is 0 Å². The van der Waals surface area contributed by atoms with Crippen molar-refractivity contribution in [2.45, 2.75) is 48.5 Å². The van der Waals surface area contributed by atoms with Crippen molar-refractivity contribution in [3.8, 4) is 0 Å². The van der Waals surface area contributed by atoms with E-state index in [1.807, 2.05) is 41.4 Å². The second-order valence-electron chi connectivity index (χ2n) is 6.94. The van der Waals surface area contributed by atoms with E-state index in [0.29, 0.717) is 24.2 Å². The molecule has 2 heterocycles. The van der Waals surface area contributed by atoms with Gasteiger partial charge in [-0.15, -0.1) is 35.3 Å². The van der Waals surface area contributed by atoms with E-state index < -0.39 is 0 Å². The highest BCUT2D eigenvalue weighted by molar-refractivity contribution is 8.20. The number of hydrogen-bond acceptors (Lipinski definition) is 6.